The number of thiazole rings is 1. The van der Waals surface area contributed by atoms with Crippen LogP contribution < -0.4 is 4.74 Å². The summed E-state index contributed by atoms with van der Waals surface area (Å²) in [4.78, 5) is 20.4. The lowest BCUT2D eigenvalue weighted by atomic mass is 10.00. The number of allylic oxidation sites excluding steroid dienone is 1. The number of hydrogen-bond donors (Lipinski definition) is 1. The summed E-state index contributed by atoms with van der Waals surface area (Å²) in [6.07, 6.45) is 4.16. The Morgan fingerprint density at radius 1 is 1.27 bits per heavy atom. The van der Waals surface area contributed by atoms with E-state index in [4.69, 9.17) is 4.74 Å². The molecule has 5 nitrogen and oxygen atoms in total. The third kappa shape index (κ3) is 4.02. The molecule has 0 saturated heterocycles. The summed E-state index contributed by atoms with van der Waals surface area (Å²) in [5, 5.41) is 12.4. The van der Waals surface area contributed by atoms with E-state index < -0.39 is 0 Å². The van der Waals surface area contributed by atoms with Crippen molar-refractivity contribution in [3.05, 3.63) is 87.5 Å². The molecule has 30 heavy (non-hydrogen) atoms. The second kappa shape index (κ2) is 8.76. The molecule has 0 amide bonds. The van der Waals surface area contributed by atoms with Crippen LogP contribution in [-0.2, 0) is 13.0 Å². The first-order valence-corrected chi connectivity index (χ1v) is 10.5. The summed E-state index contributed by atoms with van der Waals surface area (Å²) >= 11 is 1.53. The lowest BCUT2D eigenvalue weighted by molar-refractivity contribution is 0.104. The van der Waals surface area contributed by atoms with Crippen LogP contribution in [0.4, 0.5) is 0 Å². The highest BCUT2D eigenvalue weighted by Crippen LogP contribution is 2.25. The number of H-pyrrole nitrogens is 1. The Kier molecular flexibility index (Phi) is 5.73. The second-order valence-corrected chi connectivity index (χ2v) is 7.45. The van der Waals surface area contributed by atoms with Crippen molar-refractivity contribution in [1.82, 2.24) is 9.97 Å². The van der Waals surface area contributed by atoms with Crippen LogP contribution in [0.1, 0.15) is 34.1 Å². The number of carbonyl (C=O) groups is 1. The fourth-order valence-electron chi connectivity index (χ4n) is 3.29. The Morgan fingerprint density at radius 3 is 2.80 bits per heavy atom. The second-order valence-electron chi connectivity index (χ2n) is 6.73. The smallest absolute Gasteiger partial charge is 0.205 e. The van der Waals surface area contributed by atoms with Gasteiger partial charge in [-0.15, -0.1) is 11.3 Å². The van der Waals surface area contributed by atoms with E-state index in [0.29, 0.717) is 17.9 Å². The number of para-hydroxylation sites is 1. The molecule has 2 heterocycles. The number of aromatic nitrogens is 2. The molecule has 0 atom stereocenters. The highest BCUT2D eigenvalue weighted by molar-refractivity contribution is 7.07. The molecular weight excluding hydrogens is 394 g/mol. The molecular formula is C24H19N3O2S. The van der Waals surface area contributed by atoms with E-state index in [1.54, 1.807) is 17.8 Å². The van der Waals surface area contributed by atoms with Gasteiger partial charge in [0, 0.05) is 28.0 Å². The minimum Gasteiger partial charge on any atom is -0.487 e. The lowest BCUT2D eigenvalue weighted by Gasteiger charge is -2.05. The number of rotatable bonds is 7. The van der Waals surface area contributed by atoms with Crippen LogP contribution in [0.15, 0.2) is 65.1 Å². The lowest BCUT2D eigenvalue weighted by Crippen LogP contribution is -2.01. The summed E-state index contributed by atoms with van der Waals surface area (Å²) in [5.41, 5.74) is 6.10. The van der Waals surface area contributed by atoms with Gasteiger partial charge in [-0.25, -0.2) is 4.98 Å². The molecule has 2 aromatic carbocycles. The van der Waals surface area contributed by atoms with E-state index >= 15 is 0 Å². The molecule has 0 bridgehead atoms. The van der Waals surface area contributed by atoms with Gasteiger partial charge in [0.25, 0.3) is 0 Å². The SMILES string of the molecule is CCc1cccc2c(C(=O)/C(C#N)=C/c3ccc(OCc4cscn4)cc3)c[nH]c12. The zero-order chi connectivity index (χ0) is 20.9. The van der Waals surface area contributed by atoms with E-state index in [2.05, 4.69) is 16.9 Å². The first-order chi connectivity index (χ1) is 14.7. The number of fused-ring (bicyclic) bond motifs is 1. The first-order valence-electron chi connectivity index (χ1n) is 9.55. The topological polar surface area (TPSA) is 78.8 Å². The molecule has 0 fully saturated rings. The quantitative estimate of drug-likeness (QED) is 0.245. The third-order valence-corrected chi connectivity index (χ3v) is 5.49. The summed E-state index contributed by atoms with van der Waals surface area (Å²) in [7, 11) is 0. The van der Waals surface area contributed by atoms with Crippen LogP contribution in [0, 0.1) is 11.3 Å². The Morgan fingerprint density at radius 2 is 2.10 bits per heavy atom. The average molecular weight is 414 g/mol. The number of aryl methyl sites for hydroxylation is 1. The third-order valence-electron chi connectivity index (χ3n) is 4.85. The molecule has 0 radical (unpaired) electrons. The van der Waals surface area contributed by atoms with E-state index in [-0.39, 0.29) is 11.4 Å². The van der Waals surface area contributed by atoms with Crippen LogP contribution in [-0.4, -0.2) is 15.8 Å². The molecule has 4 aromatic rings. The highest BCUT2D eigenvalue weighted by atomic mass is 32.1. The number of Topliss-reactive ketones (excluding diaryl/α,β-unsaturated/α-hetero) is 1. The standard InChI is InChI=1S/C24H19N3O2S/c1-2-17-4-3-5-21-22(12-26-23(17)21)24(28)18(11-25)10-16-6-8-20(9-7-16)29-13-19-14-30-15-27-19/h3-10,12,14-15,26H,2,13H2,1H3/b18-10+. The van der Waals surface area contributed by atoms with Crippen molar-refractivity contribution in [1.29, 1.82) is 5.26 Å². The maximum absolute atomic E-state index is 13.0. The van der Waals surface area contributed by atoms with Crippen molar-refractivity contribution in [3.8, 4) is 11.8 Å². The molecule has 6 heteroatoms. The van der Waals surface area contributed by atoms with Crippen molar-refractivity contribution in [2.75, 3.05) is 0 Å². The Bertz CT molecular complexity index is 1250. The summed E-state index contributed by atoms with van der Waals surface area (Å²) in [6.45, 7) is 2.48. The van der Waals surface area contributed by atoms with Crippen molar-refractivity contribution >= 4 is 34.1 Å². The van der Waals surface area contributed by atoms with Crippen LogP contribution >= 0.6 is 11.3 Å². The summed E-state index contributed by atoms with van der Waals surface area (Å²) in [5.74, 6) is 0.412. The van der Waals surface area contributed by atoms with Gasteiger partial charge >= 0.3 is 0 Å². The van der Waals surface area contributed by atoms with Crippen molar-refractivity contribution in [2.45, 2.75) is 20.0 Å². The molecule has 0 saturated carbocycles. The normalized spacial score (nSPS) is 11.4. The molecule has 0 aliphatic heterocycles. The van der Waals surface area contributed by atoms with Crippen molar-refractivity contribution in [3.63, 3.8) is 0 Å². The number of nitriles is 1. The predicted octanol–water partition coefficient (Wildman–Crippen LogP) is 5.56. The number of ketones is 1. The number of aromatic amines is 1. The molecule has 0 aliphatic carbocycles. The van der Waals surface area contributed by atoms with Gasteiger partial charge in [0.2, 0.25) is 5.78 Å². The molecule has 0 aliphatic rings. The van der Waals surface area contributed by atoms with E-state index in [1.165, 1.54) is 11.3 Å². The number of carbonyl (C=O) groups excluding carboxylic acids is 1. The maximum Gasteiger partial charge on any atom is 0.205 e. The van der Waals surface area contributed by atoms with E-state index in [9.17, 15) is 10.1 Å². The van der Waals surface area contributed by atoms with Crippen LogP contribution in [0.3, 0.4) is 0 Å². The minimum atomic E-state index is -0.291. The van der Waals surface area contributed by atoms with Crippen LogP contribution in [0.25, 0.3) is 17.0 Å². The zero-order valence-electron chi connectivity index (χ0n) is 16.4. The van der Waals surface area contributed by atoms with Gasteiger partial charge in [0.1, 0.15) is 24.0 Å². The van der Waals surface area contributed by atoms with Gasteiger partial charge < -0.3 is 9.72 Å². The number of hydrogen-bond acceptors (Lipinski definition) is 5. The number of ether oxygens (including phenoxy) is 1. The summed E-state index contributed by atoms with van der Waals surface area (Å²) in [6, 6.07) is 15.2. The highest BCUT2D eigenvalue weighted by Gasteiger charge is 2.17. The molecule has 0 spiro atoms. The average Bonchev–Trinajstić information content (AvgIpc) is 3.46. The van der Waals surface area contributed by atoms with Crippen LogP contribution in [0.5, 0.6) is 5.75 Å². The van der Waals surface area contributed by atoms with Crippen LogP contribution in [0.2, 0.25) is 0 Å². The molecule has 4 rings (SSSR count). The predicted molar refractivity (Wildman–Crippen MR) is 118 cm³/mol. The molecule has 0 unspecified atom stereocenters. The van der Waals surface area contributed by atoms with Gasteiger partial charge in [0.15, 0.2) is 0 Å². The summed E-state index contributed by atoms with van der Waals surface area (Å²) < 4.78 is 5.70. The van der Waals surface area contributed by atoms with Gasteiger partial charge in [0.05, 0.1) is 11.2 Å². The van der Waals surface area contributed by atoms with Gasteiger partial charge in [-0.1, -0.05) is 37.3 Å². The fourth-order valence-corrected chi connectivity index (χ4v) is 3.83. The zero-order valence-corrected chi connectivity index (χ0v) is 17.2. The Balaban J connectivity index is 1.55. The van der Waals surface area contributed by atoms with E-state index in [0.717, 1.165) is 34.1 Å². The first kappa shape index (κ1) is 19.6. The molecule has 2 aromatic heterocycles. The molecule has 148 valence electrons. The van der Waals surface area contributed by atoms with Crippen molar-refractivity contribution < 1.29 is 9.53 Å². The Hall–Kier alpha value is -3.69. The number of nitrogens with one attached hydrogen (secondary N) is 1. The Labute approximate surface area is 178 Å². The monoisotopic (exact) mass is 413 g/mol. The van der Waals surface area contributed by atoms with Gasteiger partial charge in [-0.3, -0.25) is 4.79 Å². The molecule has 1 N–H and O–H groups in total. The van der Waals surface area contributed by atoms with Gasteiger partial charge in [-0.05, 0) is 35.8 Å². The largest absolute Gasteiger partial charge is 0.487 e. The fraction of sp³-hybridized carbons (Fsp3) is 0.125. The number of benzene rings is 2. The number of nitrogens with zero attached hydrogens (tertiary/aromatic N) is 2. The maximum atomic E-state index is 13.0. The van der Waals surface area contributed by atoms with E-state index in [1.807, 2.05) is 53.9 Å². The van der Waals surface area contributed by atoms with Crippen molar-refractivity contribution in [2.24, 2.45) is 0 Å². The van der Waals surface area contributed by atoms with Gasteiger partial charge in [-0.2, -0.15) is 5.26 Å². The minimum absolute atomic E-state index is 0.0916.